The number of rotatable bonds is 3. The summed E-state index contributed by atoms with van der Waals surface area (Å²) >= 11 is 0. The lowest BCUT2D eigenvalue weighted by Gasteiger charge is -2.05. The molecule has 3 nitrogen and oxygen atoms in total. The van der Waals surface area contributed by atoms with E-state index in [1.807, 2.05) is 25.1 Å². The summed E-state index contributed by atoms with van der Waals surface area (Å²) in [4.78, 5) is 4.65. The third-order valence-corrected chi connectivity index (χ3v) is 2.76. The maximum Gasteiger partial charge on any atom is 0.121 e. The standard InChI is InChI=1S/C15H19N3/c1-3-11-18-14-9-5-4-8-13(14)17-15(18)10-6-7-12(2)16/h4-5,8-9,12H,3,10-11,16H2,1-2H3. The van der Waals surface area contributed by atoms with Gasteiger partial charge >= 0.3 is 0 Å². The first-order valence-corrected chi connectivity index (χ1v) is 6.40. The van der Waals surface area contributed by atoms with E-state index in [1.54, 1.807) is 0 Å². The van der Waals surface area contributed by atoms with Crippen LogP contribution >= 0.6 is 0 Å². The number of aryl methyl sites for hydroxylation is 1. The molecular weight excluding hydrogens is 222 g/mol. The molecule has 0 saturated heterocycles. The van der Waals surface area contributed by atoms with Gasteiger partial charge in [0.1, 0.15) is 5.82 Å². The van der Waals surface area contributed by atoms with Gasteiger partial charge in [0.2, 0.25) is 0 Å². The van der Waals surface area contributed by atoms with Gasteiger partial charge in [0.15, 0.2) is 0 Å². The summed E-state index contributed by atoms with van der Waals surface area (Å²) in [5.41, 5.74) is 7.86. The average molecular weight is 241 g/mol. The van der Waals surface area contributed by atoms with Crippen molar-refractivity contribution in [2.24, 2.45) is 5.73 Å². The Labute approximate surface area is 108 Å². The number of imidazole rings is 1. The number of aromatic nitrogens is 2. The number of nitrogens with two attached hydrogens (primary N) is 1. The van der Waals surface area contributed by atoms with Gasteiger partial charge in [0.05, 0.1) is 23.5 Å². The lowest BCUT2D eigenvalue weighted by molar-refractivity contribution is 0.668. The van der Waals surface area contributed by atoms with Crippen molar-refractivity contribution in [2.75, 3.05) is 0 Å². The van der Waals surface area contributed by atoms with E-state index >= 15 is 0 Å². The first-order valence-electron chi connectivity index (χ1n) is 6.40. The Bertz CT molecular complexity index is 585. The van der Waals surface area contributed by atoms with E-state index in [9.17, 15) is 0 Å². The summed E-state index contributed by atoms with van der Waals surface area (Å²) < 4.78 is 2.26. The Morgan fingerprint density at radius 3 is 2.89 bits per heavy atom. The molecule has 94 valence electrons. The Hall–Kier alpha value is -1.79. The zero-order valence-corrected chi connectivity index (χ0v) is 11.0. The van der Waals surface area contributed by atoms with Crippen molar-refractivity contribution in [3.63, 3.8) is 0 Å². The highest BCUT2D eigenvalue weighted by Crippen LogP contribution is 2.16. The van der Waals surface area contributed by atoms with Crippen molar-refractivity contribution in [1.29, 1.82) is 0 Å². The van der Waals surface area contributed by atoms with E-state index in [2.05, 4.69) is 34.4 Å². The number of fused-ring (bicyclic) bond motifs is 1. The Kier molecular flexibility index (Phi) is 4.01. The second-order valence-corrected chi connectivity index (χ2v) is 4.45. The number of para-hydroxylation sites is 2. The summed E-state index contributed by atoms with van der Waals surface area (Å²) in [6.45, 7) is 5.05. The quantitative estimate of drug-likeness (QED) is 0.838. The zero-order valence-electron chi connectivity index (χ0n) is 11.0. The van der Waals surface area contributed by atoms with Crippen LogP contribution in [0, 0.1) is 11.8 Å². The summed E-state index contributed by atoms with van der Waals surface area (Å²) in [5.74, 6) is 7.12. The molecular formula is C15H19N3. The fourth-order valence-corrected chi connectivity index (χ4v) is 2.02. The van der Waals surface area contributed by atoms with Gasteiger partial charge in [-0.3, -0.25) is 0 Å². The van der Waals surface area contributed by atoms with Crippen LogP contribution in [0.4, 0.5) is 0 Å². The highest BCUT2D eigenvalue weighted by molar-refractivity contribution is 5.75. The molecule has 0 aliphatic heterocycles. The number of nitrogens with zero attached hydrogens (tertiary/aromatic N) is 2. The molecule has 1 aromatic carbocycles. The second-order valence-electron chi connectivity index (χ2n) is 4.45. The molecule has 0 aliphatic rings. The SMILES string of the molecule is CCCn1c(CC#CC(C)N)nc2ccccc21. The molecule has 0 spiro atoms. The van der Waals surface area contributed by atoms with Gasteiger partial charge in [-0.1, -0.05) is 30.9 Å². The van der Waals surface area contributed by atoms with Crippen molar-refractivity contribution >= 4 is 11.0 Å². The molecule has 1 unspecified atom stereocenters. The number of hydrogen-bond acceptors (Lipinski definition) is 2. The highest BCUT2D eigenvalue weighted by atomic mass is 15.1. The van der Waals surface area contributed by atoms with Crippen LogP contribution in [-0.2, 0) is 13.0 Å². The van der Waals surface area contributed by atoms with Crippen molar-refractivity contribution < 1.29 is 0 Å². The normalized spacial score (nSPS) is 12.2. The Morgan fingerprint density at radius 2 is 2.17 bits per heavy atom. The third-order valence-electron chi connectivity index (χ3n) is 2.76. The number of hydrogen-bond donors (Lipinski definition) is 1. The van der Waals surface area contributed by atoms with E-state index < -0.39 is 0 Å². The topological polar surface area (TPSA) is 43.8 Å². The molecule has 0 amide bonds. The predicted molar refractivity (Wildman–Crippen MR) is 75.2 cm³/mol. The molecule has 3 heteroatoms. The summed E-state index contributed by atoms with van der Waals surface area (Å²) in [6.07, 6.45) is 1.75. The van der Waals surface area contributed by atoms with Crippen molar-refractivity contribution in [1.82, 2.24) is 9.55 Å². The maximum atomic E-state index is 5.63. The molecule has 0 saturated carbocycles. The van der Waals surface area contributed by atoms with Gasteiger partial charge < -0.3 is 10.3 Å². The van der Waals surface area contributed by atoms with Crippen LogP contribution in [0.25, 0.3) is 11.0 Å². The Balaban J connectivity index is 2.37. The molecule has 0 fully saturated rings. The van der Waals surface area contributed by atoms with E-state index in [4.69, 9.17) is 5.73 Å². The predicted octanol–water partition coefficient (Wildman–Crippen LogP) is 2.34. The molecule has 0 aliphatic carbocycles. The van der Waals surface area contributed by atoms with Crippen LogP contribution in [0.2, 0.25) is 0 Å². The smallest absolute Gasteiger partial charge is 0.121 e. The fraction of sp³-hybridized carbons (Fsp3) is 0.400. The number of benzene rings is 1. The van der Waals surface area contributed by atoms with E-state index in [-0.39, 0.29) is 6.04 Å². The highest BCUT2D eigenvalue weighted by Gasteiger charge is 2.07. The van der Waals surface area contributed by atoms with Crippen LogP contribution < -0.4 is 5.73 Å². The first-order chi connectivity index (χ1) is 8.72. The molecule has 2 N–H and O–H groups in total. The molecule has 1 atom stereocenters. The summed E-state index contributed by atoms with van der Waals surface area (Å²) in [6, 6.07) is 8.15. The molecule has 18 heavy (non-hydrogen) atoms. The average Bonchev–Trinajstić information content (AvgIpc) is 2.68. The molecule has 2 aromatic rings. The lowest BCUT2D eigenvalue weighted by Crippen LogP contribution is -2.11. The zero-order chi connectivity index (χ0) is 13.0. The van der Waals surface area contributed by atoms with Crippen LogP contribution in [-0.4, -0.2) is 15.6 Å². The van der Waals surface area contributed by atoms with Crippen LogP contribution in [0.3, 0.4) is 0 Å². The summed E-state index contributed by atoms with van der Waals surface area (Å²) in [7, 11) is 0. The molecule has 0 bridgehead atoms. The van der Waals surface area contributed by atoms with Gasteiger partial charge in [-0.15, -0.1) is 0 Å². The minimum atomic E-state index is -0.0750. The van der Waals surface area contributed by atoms with Crippen molar-refractivity contribution in [3.8, 4) is 11.8 Å². The van der Waals surface area contributed by atoms with Crippen molar-refractivity contribution in [2.45, 2.75) is 39.3 Å². The van der Waals surface area contributed by atoms with E-state index in [0.29, 0.717) is 6.42 Å². The summed E-state index contributed by atoms with van der Waals surface area (Å²) in [5, 5.41) is 0. The minimum Gasteiger partial charge on any atom is -0.327 e. The van der Waals surface area contributed by atoms with Gasteiger partial charge in [-0.25, -0.2) is 4.98 Å². The molecule has 1 heterocycles. The fourth-order valence-electron chi connectivity index (χ4n) is 2.02. The first kappa shape index (κ1) is 12.7. The van der Waals surface area contributed by atoms with E-state index in [0.717, 1.165) is 24.3 Å². The Morgan fingerprint density at radius 1 is 1.39 bits per heavy atom. The third kappa shape index (κ3) is 2.72. The molecule has 0 radical (unpaired) electrons. The van der Waals surface area contributed by atoms with Crippen LogP contribution in [0.15, 0.2) is 24.3 Å². The monoisotopic (exact) mass is 241 g/mol. The van der Waals surface area contributed by atoms with Gasteiger partial charge in [-0.05, 0) is 25.5 Å². The molecule has 2 rings (SSSR count). The van der Waals surface area contributed by atoms with E-state index in [1.165, 1.54) is 5.52 Å². The van der Waals surface area contributed by atoms with Crippen LogP contribution in [0.1, 0.15) is 26.1 Å². The second kappa shape index (κ2) is 5.70. The van der Waals surface area contributed by atoms with Crippen LogP contribution in [0.5, 0.6) is 0 Å². The largest absolute Gasteiger partial charge is 0.327 e. The maximum absolute atomic E-state index is 5.63. The van der Waals surface area contributed by atoms with Gasteiger partial charge in [0, 0.05) is 6.54 Å². The van der Waals surface area contributed by atoms with Crippen molar-refractivity contribution in [3.05, 3.63) is 30.1 Å². The van der Waals surface area contributed by atoms with Gasteiger partial charge in [0.25, 0.3) is 0 Å². The van der Waals surface area contributed by atoms with Gasteiger partial charge in [-0.2, -0.15) is 0 Å². The minimum absolute atomic E-state index is 0.0750. The molecule has 1 aromatic heterocycles. The lowest BCUT2D eigenvalue weighted by atomic mass is 10.3.